The highest BCUT2D eigenvalue weighted by molar-refractivity contribution is 7.52. The second kappa shape index (κ2) is 15.2. The molecule has 0 bridgehead atoms. The Bertz CT molecular complexity index is 1710. The molecular weight excluding hydrogens is 645 g/mol. The Morgan fingerprint density at radius 1 is 1.04 bits per heavy atom. The van der Waals surface area contributed by atoms with Crippen LogP contribution in [0, 0.1) is 23.2 Å². The Hall–Kier alpha value is -4.48. The molecular formula is C32H40N5O10P. The number of nitrogens with one attached hydrogen (secondary N) is 1. The standard InChI is InChI=1S/C32H40N5O10P/c1-7-42-31(40)21(6)36-48(41,47-22-11-9-8-10-12-22)43-18-32(17-33)28(45-30(39)20(4)5)27(44-29(38)19(2)3)26(46-32)25-14-13-24-23(34)15-16-35-37(24)25/h8-16,19-21,26-28H,7,18,34H2,1-6H3,(H,36,41)/t21-,26-,27-,28-,32+,48+/m0/s1. The molecule has 1 fully saturated rings. The number of fused-ring (bicyclic) bond motifs is 1. The number of aromatic nitrogens is 2. The number of benzene rings is 1. The van der Waals surface area contributed by atoms with Crippen LogP contribution < -0.4 is 15.3 Å². The van der Waals surface area contributed by atoms with E-state index < -0.39 is 74.1 Å². The van der Waals surface area contributed by atoms with Crippen molar-refractivity contribution in [1.82, 2.24) is 14.7 Å². The molecule has 0 amide bonds. The fourth-order valence-corrected chi connectivity index (χ4v) is 6.31. The Morgan fingerprint density at radius 3 is 2.33 bits per heavy atom. The van der Waals surface area contributed by atoms with Gasteiger partial charge in [0.15, 0.2) is 12.2 Å². The Kier molecular flexibility index (Phi) is 11.5. The highest BCUT2D eigenvalue weighted by Crippen LogP contribution is 2.50. The lowest BCUT2D eigenvalue weighted by atomic mass is 9.95. The molecule has 48 heavy (non-hydrogen) atoms. The molecule has 2 aromatic heterocycles. The summed E-state index contributed by atoms with van der Waals surface area (Å²) < 4.78 is 50.5. The van der Waals surface area contributed by atoms with Crippen LogP contribution in [0.25, 0.3) is 5.52 Å². The first-order chi connectivity index (χ1) is 22.7. The Labute approximate surface area is 278 Å². The molecule has 1 aliphatic rings. The molecule has 258 valence electrons. The minimum atomic E-state index is -4.52. The molecule has 0 saturated carbocycles. The molecule has 3 N–H and O–H groups in total. The van der Waals surface area contributed by atoms with Crippen molar-refractivity contribution < 1.29 is 46.9 Å². The summed E-state index contributed by atoms with van der Waals surface area (Å²) in [6.07, 6.45) is -2.78. The summed E-state index contributed by atoms with van der Waals surface area (Å²) in [5.74, 6) is -3.26. The number of nitrogen functional groups attached to an aromatic ring is 1. The number of hydrogen-bond donors (Lipinski definition) is 2. The van der Waals surface area contributed by atoms with Crippen molar-refractivity contribution in [3.8, 4) is 11.8 Å². The van der Waals surface area contributed by atoms with Gasteiger partial charge in [0.1, 0.15) is 30.6 Å². The lowest BCUT2D eigenvalue weighted by Crippen LogP contribution is -2.50. The summed E-state index contributed by atoms with van der Waals surface area (Å²) in [6, 6.07) is 13.7. The molecule has 0 unspecified atom stereocenters. The van der Waals surface area contributed by atoms with Crippen LogP contribution in [0.5, 0.6) is 5.75 Å². The largest absolute Gasteiger partial charge is 0.465 e. The fourth-order valence-electron chi connectivity index (χ4n) is 4.79. The molecule has 6 atom stereocenters. The predicted molar refractivity (Wildman–Crippen MR) is 171 cm³/mol. The number of para-hydroxylation sites is 1. The molecule has 0 radical (unpaired) electrons. The molecule has 3 heterocycles. The van der Waals surface area contributed by atoms with Gasteiger partial charge in [0, 0.05) is 6.20 Å². The number of anilines is 1. The van der Waals surface area contributed by atoms with Crippen LogP contribution in [-0.4, -0.2) is 64.6 Å². The van der Waals surface area contributed by atoms with Gasteiger partial charge in [-0.05, 0) is 44.2 Å². The van der Waals surface area contributed by atoms with E-state index in [9.17, 15) is 24.2 Å². The number of hydrogen-bond acceptors (Lipinski definition) is 13. The van der Waals surface area contributed by atoms with E-state index in [0.717, 1.165) is 0 Å². The zero-order valence-electron chi connectivity index (χ0n) is 27.5. The van der Waals surface area contributed by atoms with Crippen LogP contribution in [0.4, 0.5) is 5.69 Å². The molecule has 15 nitrogen and oxygen atoms in total. The summed E-state index contributed by atoms with van der Waals surface area (Å²) in [7, 11) is -4.52. The summed E-state index contributed by atoms with van der Waals surface area (Å²) in [5, 5.41) is 17.6. The highest BCUT2D eigenvalue weighted by Gasteiger charge is 2.62. The maximum absolute atomic E-state index is 14.3. The predicted octanol–water partition coefficient (Wildman–Crippen LogP) is 4.13. The van der Waals surface area contributed by atoms with Crippen molar-refractivity contribution in [3.05, 3.63) is 60.4 Å². The topological polar surface area (TPSA) is 203 Å². The zero-order chi connectivity index (χ0) is 35.2. The molecule has 1 aliphatic heterocycles. The first kappa shape index (κ1) is 36.4. The third-order valence-electron chi connectivity index (χ3n) is 7.34. The van der Waals surface area contributed by atoms with Crippen LogP contribution in [0.15, 0.2) is 54.7 Å². The van der Waals surface area contributed by atoms with Gasteiger partial charge in [-0.25, -0.2) is 9.08 Å². The SMILES string of the molecule is CCOC(=O)[C@H](C)N[P@@](=O)(OC[C@@]1(C#N)O[C@@H](c2ccc3c(N)ccnn23)[C@H](OC(=O)C(C)C)[C@@H]1OC(=O)C(C)C)Oc1ccccc1. The first-order valence-electron chi connectivity index (χ1n) is 15.4. The van der Waals surface area contributed by atoms with Crippen LogP contribution in [0.1, 0.15) is 53.3 Å². The maximum Gasteiger partial charge on any atom is 0.459 e. The van der Waals surface area contributed by atoms with Crippen molar-refractivity contribution in [3.63, 3.8) is 0 Å². The quantitative estimate of drug-likeness (QED) is 0.139. The molecule has 16 heteroatoms. The number of nitriles is 1. The summed E-state index contributed by atoms with van der Waals surface area (Å²) in [5.41, 5.74) is 5.14. The van der Waals surface area contributed by atoms with Crippen molar-refractivity contribution in [2.24, 2.45) is 11.8 Å². The number of esters is 3. The minimum absolute atomic E-state index is 0.0661. The summed E-state index contributed by atoms with van der Waals surface area (Å²) in [6.45, 7) is 8.65. The van der Waals surface area contributed by atoms with E-state index in [4.69, 9.17) is 33.7 Å². The number of ether oxygens (including phenoxy) is 4. The van der Waals surface area contributed by atoms with E-state index in [1.165, 1.54) is 29.8 Å². The van der Waals surface area contributed by atoms with Gasteiger partial charge >= 0.3 is 25.7 Å². The van der Waals surface area contributed by atoms with Gasteiger partial charge in [0.05, 0.1) is 35.3 Å². The molecule has 3 aromatic rings. The molecule has 0 aliphatic carbocycles. The lowest BCUT2D eigenvalue weighted by Gasteiger charge is -2.31. The monoisotopic (exact) mass is 685 g/mol. The Balaban J connectivity index is 1.80. The van der Waals surface area contributed by atoms with E-state index in [2.05, 4.69) is 10.2 Å². The van der Waals surface area contributed by atoms with E-state index in [-0.39, 0.29) is 12.4 Å². The van der Waals surface area contributed by atoms with Crippen molar-refractivity contribution >= 4 is 36.9 Å². The molecule has 0 spiro atoms. The molecule has 1 aromatic carbocycles. The van der Waals surface area contributed by atoms with Crippen LogP contribution in [-0.2, 0) is 42.4 Å². The lowest BCUT2D eigenvalue weighted by molar-refractivity contribution is -0.173. The van der Waals surface area contributed by atoms with Crippen LogP contribution >= 0.6 is 7.75 Å². The van der Waals surface area contributed by atoms with Gasteiger partial charge in [0.25, 0.3) is 0 Å². The number of nitrogens with zero attached hydrogens (tertiary/aromatic N) is 3. The van der Waals surface area contributed by atoms with Crippen molar-refractivity contribution in [2.75, 3.05) is 18.9 Å². The van der Waals surface area contributed by atoms with Crippen molar-refractivity contribution in [1.29, 1.82) is 5.26 Å². The van der Waals surface area contributed by atoms with Gasteiger partial charge < -0.3 is 29.2 Å². The van der Waals surface area contributed by atoms with E-state index in [1.807, 2.05) is 6.07 Å². The van der Waals surface area contributed by atoms with E-state index >= 15 is 0 Å². The maximum atomic E-state index is 14.3. The third kappa shape index (κ3) is 7.96. The highest BCUT2D eigenvalue weighted by atomic mass is 31.2. The molecule has 1 saturated heterocycles. The summed E-state index contributed by atoms with van der Waals surface area (Å²) in [4.78, 5) is 38.6. The number of carbonyl (C=O) groups excluding carboxylic acids is 3. The second-order valence-electron chi connectivity index (χ2n) is 11.7. The van der Waals surface area contributed by atoms with E-state index in [0.29, 0.717) is 16.9 Å². The molecule has 4 rings (SSSR count). The third-order valence-corrected chi connectivity index (χ3v) is 8.96. The van der Waals surface area contributed by atoms with Crippen LogP contribution in [0.3, 0.4) is 0 Å². The average molecular weight is 686 g/mol. The zero-order valence-corrected chi connectivity index (χ0v) is 28.4. The van der Waals surface area contributed by atoms with Gasteiger partial charge in [-0.2, -0.15) is 15.4 Å². The fraction of sp³-hybridized carbons (Fsp3) is 0.469. The first-order valence-corrected chi connectivity index (χ1v) is 16.9. The Morgan fingerprint density at radius 2 is 1.71 bits per heavy atom. The number of rotatable bonds is 14. The van der Waals surface area contributed by atoms with Crippen LogP contribution in [0.2, 0.25) is 0 Å². The minimum Gasteiger partial charge on any atom is -0.465 e. The van der Waals surface area contributed by atoms with Gasteiger partial charge in [-0.3, -0.25) is 18.9 Å². The normalized spacial score (nSPS) is 22.5. The van der Waals surface area contributed by atoms with Gasteiger partial charge in [-0.1, -0.05) is 45.9 Å². The van der Waals surface area contributed by atoms with E-state index in [1.54, 1.807) is 71.0 Å². The number of carbonyl (C=O) groups is 3. The number of nitrogens with two attached hydrogens (primary N) is 1. The van der Waals surface area contributed by atoms with Gasteiger partial charge in [0.2, 0.25) is 5.60 Å². The smallest absolute Gasteiger partial charge is 0.459 e. The summed E-state index contributed by atoms with van der Waals surface area (Å²) >= 11 is 0. The van der Waals surface area contributed by atoms with Gasteiger partial charge in [-0.15, -0.1) is 0 Å². The average Bonchev–Trinajstić information content (AvgIpc) is 3.61. The van der Waals surface area contributed by atoms with Crippen molar-refractivity contribution in [2.45, 2.75) is 71.5 Å². The second-order valence-corrected chi connectivity index (χ2v) is 13.4.